The Morgan fingerprint density at radius 3 is 2.59 bits per heavy atom. The van der Waals surface area contributed by atoms with Gasteiger partial charge in [0.1, 0.15) is 0 Å². The molecule has 0 bridgehead atoms. The average molecular weight is 236 g/mol. The first-order valence-corrected chi connectivity index (χ1v) is 6.35. The average Bonchev–Trinajstić information content (AvgIpc) is 2.25. The molecular formula is C13H24N4. The minimum atomic E-state index is 0.361. The summed E-state index contributed by atoms with van der Waals surface area (Å²) in [5.41, 5.74) is 7.60. The number of aromatic nitrogens is 2. The Morgan fingerprint density at radius 2 is 2.00 bits per heavy atom. The largest absolute Gasteiger partial charge is 0.352 e. The molecule has 0 aliphatic rings. The lowest BCUT2D eigenvalue weighted by molar-refractivity contribution is 0.656. The Bertz CT molecular complexity index is 349. The number of aryl methyl sites for hydroxylation is 1. The van der Waals surface area contributed by atoms with Gasteiger partial charge in [-0.1, -0.05) is 13.8 Å². The van der Waals surface area contributed by atoms with Crippen LogP contribution in [0.4, 0.5) is 5.95 Å². The molecule has 1 unspecified atom stereocenters. The van der Waals surface area contributed by atoms with Crippen molar-refractivity contribution in [3.05, 3.63) is 17.5 Å². The first-order chi connectivity index (χ1) is 8.02. The Balaban J connectivity index is 2.70. The van der Waals surface area contributed by atoms with E-state index in [4.69, 9.17) is 5.73 Å². The van der Waals surface area contributed by atoms with E-state index in [-0.39, 0.29) is 0 Å². The van der Waals surface area contributed by atoms with Crippen LogP contribution in [-0.4, -0.2) is 22.6 Å². The van der Waals surface area contributed by atoms with Crippen molar-refractivity contribution in [2.75, 3.05) is 11.9 Å². The molecule has 0 saturated carbocycles. The van der Waals surface area contributed by atoms with E-state index in [0.29, 0.717) is 12.0 Å². The number of hydrogen-bond acceptors (Lipinski definition) is 4. The third-order valence-corrected chi connectivity index (χ3v) is 2.68. The maximum absolute atomic E-state index is 5.50. The van der Waals surface area contributed by atoms with E-state index in [0.717, 1.165) is 36.7 Å². The summed E-state index contributed by atoms with van der Waals surface area (Å²) in [6.07, 6.45) is 2.07. The van der Waals surface area contributed by atoms with Gasteiger partial charge in [-0.15, -0.1) is 0 Å². The van der Waals surface area contributed by atoms with Gasteiger partial charge in [0.2, 0.25) is 5.95 Å². The lowest BCUT2D eigenvalue weighted by atomic mass is 10.1. The number of rotatable bonds is 6. The lowest BCUT2D eigenvalue weighted by Gasteiger charge is -2.15. The maximum atomic E-state index is 5.50. The first kappa shape index (κ1) is 13.9. The standard InChI is InChI=1S/C13H24N4/c1-9(2)12-8-11(4)16-13(17-12)15-10(3)6-5-7-14/h8-10H,5-7,14H2,1-4H3,(H,15,16,17). The summed E-state index contributed by atoms with van der Waals surface area (Å²) in [7, 11) is 0. The van der Waals surface area contributed by atoms with Crippen LogP contribution in [0.5, 0.6) is 0 Å². The zero-order valence-electron chi connectivity index (χ0n) is 11.3. The maximum Gasteiger partial charge on any atom is 0.223 e. The number of hydrogen-bond donors (Lipinski definition) is 2. The predicted octanol–water partition coefficient (Wildman–Crippen LogP) is 2.45. The molecule has 1 atom stereocenters. The van der Waals surface area contributed by atoms with Gasteiger partial charge in [0.25, 0.3) is 0 Å². The molecule has 3 N–H and O–H groups in total. The third-order valence-electron chi connectivity index (χ3n) is 2.68. The molecule has 0 aliphatic carbocycles. The lowest BCUT2D eigenvalue weighted by Crippen LogP contribution is -2.19. The number of nitrogens with one attached hydrogen (secondary N) is 1. The van der Waals surface area contributed by atoms with Gasteiger partial charge in [0, 0.05) is 17.4 Å². The molecule has 0 aliphatic heterocycles. The highest BCUT2D eigenvalue weighted by atomic mass is 15.1. The Labute approximate surface area is 104 Å². The molecular weight excluding hydrogens is 212 g/mol. The molecule has 0 spiro atoms. The summed E-state index contributed by atoms with van der Waals surface area (Å²) in [5, 5.41) is 3.34. The molecule has 0 aromatic carbocycles. The quantitative estimate of drug-likeness (QED) is 0.796. The third kappa shape index (κ3) is 4.69. The highest BCUT2D eigenvalue weighted by Crippen LogP contribution is 2.15. The topological polar surface area (TPSA) is 63.8 Å². The second kappa shape index (κ2) is 6.55. The van der Waals surface area contributed by atoms with Crippen LogP contribution in [0.1, 0.15) is 50.9 Å². The van der Waals surface area contributed by atoms with Crippen molar-refractivity contribution in [3.63, 3.8) is 0 Å². The van der Waals surface area contributed by atoms with Crippen LogP contribution >= 0.6 is 0 Å². The van der Waals surface area contributed by atoms with Crippen LogP contribution in [0.3, 0.4) is 0 Å². The summed E-state index contributed by atoms with van der Waals surface area (Å²) in [4.78, 5) is 8.94. The molecule has 0 saturated heterocycles. The molecule has 1 rings (SSSR count). The Kier molecular flexibility index (Phi) is 5.35. The van der Waals surface area contributed by atoms with Crippen molar-refractivity contribution in [2.45, 2.75) is 52.5 Å². The van der Waals surface area contributed by atoms with Crippen molar-refractivity contribution >= 4 is 5.95 Å². The van der Waals surface area contributed by atoms with Gasteiger partial charge in [-0.2, -0.15) is 0 Å². The highest BCUT2D eigenvalue weighted by Gasteiger charge is 2.08. The molecule has 96 valence electrons. The van der Waals surface area contributed by atoms with Crippen LogP contribution in [0.25, 0.3) is 0 Å². The zero-order valence-corrected chi connectivity index (χ0v) is 11.3. The van der Waals surface area contributed by atoms with Crippen LogP contribution in [-0.2, 0) is 0 Å². The minimum absolute atomic E-state index is 0.361. The summed E-state index contributed by atoms with van der Waals surface area (Å²) in [5.74, 6) is 1.16. The van der Waals surface area contributed by atoms with E-state index in [2.05, 4.69) is 36.1 Å². The van der Waals surface area contributed by atoms with Gasteiger partial charge < -0.3 is 11.1 Å². The van der Waals surface area contributed by atoms with Crippen LogP contribution < -0.4 is 11.1 Å². The van der Waals surface area contributed by atoms with Crippen LogP contribution in [0, 0.1) is 6.92 Å². The van der Waals surface area contributed by atoms with E-state index in [9.17, 15) is 0 Å². The van der Waals surface area contributed by atoms with Gasteiger partial charge >= 0.3 is 0 Å². The van der Waals surface area contributed by atoms with Gasteiger partial charge in [-0.25, -0.2) is 9.97 Å². The van der Waals surface area contributed by atoms with Crippen LogP contribution in [0.2, 0.25) is 0 Å². The molecule has 17 heavy (non-hydrogen) atoms. The molecule has 4 nitrogen and oxygen atoms in total. The molecule has 0 radical (unpaired) electrons. The fourth-order valence-electron chi connectivity index (χ4n) is 1.67. The Hall–Kier alpha value is -1.16. The number of nitrogens with zero attached hydrogens (tertiary/aromatic N) is 2. The summed E-state index contributed by atoms with van der Waals surface area (Å²) >= 11 is 0. The van der Waals surface area contributed by atoms with Gasteiger partial charge in [-0.3, -0.25) is 0 Å². The van der Waals surface area contributed by atoms with Gasteiger partial charge in [-0.05, 0) is 45.2 Å². The van der Waals surface area contributed by atoms with Crippen LogP contribution in [0.15, 0.2) is 6.07 Å². The Morgan fingerprint density at radius 1 is 1.29 bits per heavy atom. The van der Waals surface area contributed by atoms with Crippen molar-refractivity contribution in [1.29, 1.82) is 0 Å². The van der Waals surface area contributed by atoms with Gasteiger partial charge in [0.15, 0.2) is 0 Å². The molecule has 1 aromatic rings. The van der Waals surface area contributed by atoms with E-state index in [1.807, 2.05) is 13.0 Å². The summed E-state index contributed by atoms with van der Waals surface area (Å²) in [6, 6.07) is 2.40. The van der Waals surface area contributed by atoms with Crippen molar-refractivity contribution < 1.29 is 0 Å². The minimum Gasteiger partial charge on any atom is -0.352 e. The first-order valence-electron chi connectivity index (χ1n) is 6.35. The zero-order chi connectivity index (χ0) is 12.8. The second-order valence-electron chi connectivity index (χ2n) is 4.89. The molecule has 4 heteroatoms. The smallest absolute Gasteiger partial charge is 0.223 e. The molecule has 0 amide bonds. The van der Waals surface area contributed by atoms with E-state index >= 15 is 0 Å². The number of nitrogens with two attached hydrogens (primary N) is 1. The second-order valence-corrected chi connectivity index (χ2v) is 4.89. The van der Waals surface area contributed by atoms with E-state index in [1.165, 1.54) is 0 Å². The molecule has 0 fully saturated rings. The predicted molar refractivity (Wildman–Crippen MR) is 72.2 cm³/mol. The number of anilines is 1. The fraction of sp³-hybridized carbons (Fsp3) is 0.692. The molecule has 1 aromatic heterocycles. The fourth-order valence-corrected chi connectivity index (χ4v) is 1.67. The van der Waals surface area contributed by atoms with Crippen molar-refractivity contribution in [1.82, 2.24) is 9.97 Å². The van der Waals surface area contributed by atoms with Crippen molar-refractivity contribution in [3.8, 4) is 0 Å². The van der Waals surface area contributed by atoms with Gasteiger partial charge in [0.05, 0.1) is 0 Å². The summed E-state index contributed by atoms with van der Waals surface area (Å²) < 4.78 is 0. The molecule has 1 heterocycles. The SMILES string of the molecule is Cc1cc(C(C)C)nc(NC(C)CCCN)n1. The van der Waals surface area contributed by atoms with E-state index in [1.54, 1.807) is 0 Å². The summed E-state index contributed by atoms with van der Waals surface area (Å²) in [6.45, 7) is 9.16. The van der Waals surface area contributed by atoms with E-state index < -0.39 is 0 Å². The normalized spacial score (nSPS) is 12.8. The highest BCUT2D eigenvalue weighted by molar-refractivity contribution is 5.30. The van der Waals surface area contributed by atoms with Crippen molar-refractivity contribution in [2.24, 2.45) is 5.73 Å². The monoisotopic (exact) mass is 236 g/mol.